The van der Waals surface area contributed by atoms with E-state index in [0.717, 1.165) is 6.42 Å². The number of hydrogen-bond donors (Lipinski definition) is 1. The number of fused-ring (bicyclic) bond motifs is 1. The fourth-order valence-electron chi connectivity index (χ4n) is 3.29. The lowest BCUT2D eigenvalue weighted by molar-refractivity contribution is 0.342. The van der Waals surface area contributed by atoms with Gasteiger partial charge in [0, 0.05) is 24.8 Å². The van der Waals surface area contributed by atoms with E-state index in [-0.39, 0.29) is 0 Å². The Balaban J connectivity index is 1.83. The van der Waals surface area contributed by atoms with E-state index in [0.29, 0.717) is 12.0 Å². The summed E-state index contributed by atoms with van der Waals surface area (Å²) >= 11 is 0. The van der Waals surface area contributed by atoms with Crippen LogP contribution in [0.1, 0.15) is 29.2 Å². The highest BCUT2D eigenvalue weighted by Crippen LogP contribution is 2.33. The van der Waals surface area contributed by atoms with Gasteiger partial charge in [-0.1, -0.05) is 24.3 Å². The average molecular weight is 255 g/mol. The highest BCUT2D eigenvalue weighted by Gasteiger charge is 2.26. The monoisotopic (exact) mass is 255 g/mol. The first kappa shape index (κ1) is 12.4. The van der Waals surface area contributed by atoms with Crippen LogP contribution in [0.15, 0.2) is 36.7 Å². The maximum absolute atomic E-state index is 4.30. The van der Waals surface area contributed by atoms with Gasteiger partial charge in [-0.15, -0.1) is 0 Å². The SMILES string of the molecule is CNC(c1cnn(C)c1)C1CCc2ccccc2C1. The third-order valence-electron chi connectivity index (χ3n) is 4.25. The van der Waals surface area contributed by atoms with Gasteiger partial charge in [0.15, 0.2) is 0 Å². The van der Waals surface area contributed by atoms with E-state index < -0.39 is 0 Å². The minimum atomic E-state index is 0.405. The number of nitrogens with zero attached hydrogens (tertiary/aromatic N) is 2. The maximum Gasteiger partial charge on any atom is 0.0537 e. The van der Waals surface area contributed by atoms with E-state index in [1.54, 1.807) is 0 Å². The number of nitrogens with one attached hydrogen (secondary N) is 1. The smallest absolute Gasteiger partial charge is 0.0537 e. The van der Waals surface area contributed by atoms with Crippen LogP contribution in [-0.2, 0) is 19.9 Å². The molecule has 3 nitrogen and oxygen atoms in total. The predicted molar refractivity (Wildman–Crippen MR) is 77.0 cm³/mol. The summed E-state index contributed by atoms with van der Waals surface area (Å²) in [5.41, 5.74) is 4.34. The summed E-state index contributed by atoms with van der Waals surface area (Å²) in [6.07, 6.45) is 7.72. The Labute approximate surface area is 114 Å². The molecule has 0 saturated carbocycles. The van der Waals surface area contributed by atoms with E-state index in [4.69, 9.17) is 0 Å². The predicted octanol–water partition coefficient (Wildman–Crippen LogP) is 2.49. The summed E-state index contributed by atoms with van der Waals surface area (Å²) in [6, 6.07) is 9.25. The molecule has 1 aromatic heterocycles. The molecule has 1 heterocycles. The summed E-state index contributed by atoms with van der Waals surface area (Å²) < 4.78 is 1.89. The third-order valence-corrected chi connectivity index (χ3v) is 4.25. The van der Waals surface area contributed by atoms with Crippen LogP contribution >= 0.6 is 0 Å². The number of hydrogen-bond acceptors (Lipinski definition) is 2. The molecule has 1 N–H and O–H groups in total. The van der Waals surface area contributed by atoms with Crippen LogP contribution in [0.5, 0.6) is 0 Å². The van der Waals surface area contributed by atoms with Gasteiger partial charge >= 0.3 is 0 Å². The Kier molecular flexibility index (Phi) is 3.38. The lowest BCUT2D eigenvalue weighted by Gasteiger charge is -2.31. The molecule has 2 unspecified atom stereocenters. The molecule has 1 aliphatic rings. The average Bonchev–Trinajstić information content (AvgIpc) is 2.86. The fraction of sp³-hybridized carbons (Fsp3) is 0.438. The number of benzene rings is 1. The zero-order valence-corrected chi connectivity index (χ0v) is 11.6. The second-order valence-electron chi connectivity index (χ2n) is 5.49. The van der Waals surface area contributed by atoms with Crippen LogP contribution in [0.3, 0.4) is 0 Å². The summed E-state index contributed by atoms with van der Waals surface area (Å²) in [5, 5.41) is 7.78. The molecular weight excluding hydrogens is 234 g/mol. The molecule has 1 aliphatic carbocycles. The van der Waals surface area contributed by atoms with Gasteiger partial charge in [-0.3, -0.25) is 4.68 Å². The molecule has 3 heteroatoms. The van der Waals surface area contributed by atoms with Gasteiger partial charge in [0.1, 0.15) is 0 Å². The van der Waals surface area contributed by atoms with Crippen molar-refractivity contribution in [1.82, 2.24) is 15.1 Å². The first-order valence-electron chi connectivity index (χ1n) is 7.00. The summed E-state index contributed by atoms with van der Waals surface area (Å²) in [5.74, 6) is 0.657. The molecule has 0 aliphatic heterocycles. The lowest BCUT2D eigenvalue weighted by Crippen LogP contribution is -2.29. The van der Waals surface area contributed by atoms with Crippen molar-refractivity contribution in [3.8, 4) is 0 Å². The molecule has 0 saturated heterocycles. The molecular formula is C16H21N3. The van der Waals surface area contributed by atoms with Gasteiger partial charge in [-0.25, -0.2) is 0 Å². The quantitative estimate of drug-likeness (QED) is 0.913. The summed E-state index contributed by atoms with van der Waals surface area (Å²) in [7, 11) is 4.03. The molecule has 0 fully saturated rings. The molecule has 0 amide bonds. The van der Waals surface area contributed by atoms with E-state index in [9.17, 15) is 0 Å². The van der Waals surface area contributed by atoms with Crippen LogP contribution in [-0.4, -0.2) is 16.8 Å². The second kappa shape index (κ2) is 5.17. The van der Waals surface area contributed by atoms with E-state index in [2.05, 4.69) is 47.9 Å². The van der Waals surface area contributed by atoms with Gasteiger partial charge in [0.25, 0.3) is 0 Å². The third kappa shape index (κ3) is 2.43. The molecule has 19 heavy (non-hydrogen) atoms. The van der Waals surface area contributed by atoms with Crippen LogP contribution in [0.25, 0.3) is 0 Å². The van der Waals surface area contributed by atoms with Gasteiger partial charge in [-0.05, 0) is 43.4 Å². The second-order valence-corrected chi connectivity index (χ2v) is 5.49. The van der Waals surface area contributed by atoms with E-state index in [1.807, 2.05) is 17.9 Å². The van der Waals surface area contributed by atoms with Crippen LogP contribution in [0.4, 0.5) is 0 Å². The van der Waals surface area contributed by atoms with Crippen LogP contribution in [0, 0.1) is 5.92 Å². The Morgan fingerprint density at radius 1 is 1.32 bits per heavy atom. The van der Waals surface area contributed by atoms with E-state index in [1.165, 1.54) is 29.5 Å². The molecule has 100 valence electrons. The van der Waals surface area contributed by atoms with Crippen molar-refractivity contribution in [3.63, 3.8) is 0 Å². The van der Waals surface area contributed by atoms with Crippen molar-refractivity contribution in [2.45, 2.75) is 25.3 Å². The van der Waals surface area contributed by atoms with Crippen LogP contribution in [0.2, 0.25) is 0 Å². The van der Waals surface area contributed by atoms with Crippen molar-refractivity contribution in [1.29, 1.82) is 0 Å². The largest absolute Gasteiger partial charge is 0.313 e. The van der Waals surface area contributed by atoms with Crippen molar-refractivity contribution in [2.24, 2.45) is 13.0 Å². The number of aromatic nitrogens is 2. The van der Waals surface area contributed by atoms with Gasteiger partial charge in [0.05, 0.1) is 6.20 Å². The minimum Gasteiger partial charge on any atom is -0.313 e. The van der Waals surface area contributed by atoms with Gasteiger partial charge < -0.3 is 5.32 Å². The molecule has 0 bridgehead atoms. The summed E-state index contributed by atoms with van der Waals surface area (Å²) in [6.45, 7) is 0. The van der Waals surface area contributed by atoms with Crippen molar-refractivity contribution >= 4 is 0 Å². The Morgan fingerprint density at radius 3 is 2.79 bits per heavy atom. The molecule has 1 aromatic carbocycles. The standard InChI is InChI=1S/C16H21N3/c1-17-16(15-10-18-19(2)11-15)14-8-7-12-5-3-4-6-13(12)9-14/h3-6,10-11,14,16-17H,7-9H2,1-2H3. The molecule has 2 atom stereocenters. The zero-order chi connectivity index (χ0) is 13.2. The maximum atomic E-state index is 4.30. The lowest BCUT2D eigenvalue weighted by atomic mass is 9.78. The van der Waals surface area contributed by atoms with E-state index >= 15 is 0 Å². The first-order valence-corrected chi connectivity index (χ1v) is 7.00. The van der Waals surface area contributed by atoms with Gasteiger partial charge in [0.2, 0.25) is 0 Å². The number of rotatable bonds is 3. The highest BCUT2D eigenvalue weighted by atomic mass is 15.2. The van der Waals surface area contributed by atoms with Crippen molar-refractivity contribution in [3.05, 3.63) is 53.3 Å². The highest BCUT2D eigenvalue weighted by molar-refractivity contribution is 5.30. The molecule has 3 rings (SSSR count). The van der Waals surface area contributed by atoms with Gasteiger partial charge in [-0.2, -0.15) is 5.10 Å². The molecule has 0 spiro atoms. The van der Waals surface area contributed by atoms with Crippen LogP contribution < -0.4 is 5.32 Å². The van der Waals surface area contributed by atoms with Crippen molar-refractivity contribution < 1.29 is 0 Å². The summed E-state index contributed by atoms with van der Waals surface area (Å²) in [4.78, 5) is 0. The topological polar surface area (TPSA) is 29.9 Å². The minimum absolute atomic E-state index is 0.405. The Hall–Kier alpha value is -1.61. The molecule has 0 radical (unpaired) electrons. The normalized spacial score (nSPS) is 20.0. The Morgan fingerprint density at radius 2 is 2.11 bits per heavy atom. The first-order chi connectivity index (χ1) is 9.28. The van der Waals surface area contributed by atoms with Crippen molar-refractivity contribution in [2.75, 3.05) is 7.05 Å². The fourth-order valence-corrected chi connectivity index (χ4v) is 3.29. The zero-order valence-electron chi connectivity index (χ0n) is 11.6. The molecule has 2 aromatic rings. The Bertz CT molecular complexity index is 559. The number of aryl methyl sites for hydroxylation is 2.